The zero-order chi connectivity index (χ0) is 7.65. The monoisotopic (exact) mass is 150 g/mol. The van der Waals surface area contributed by atoms with Crippen molar-refractivity contribution in [2.45, 2.75) is 24.7 Å². The summed E-state index contributed by atoms with van der Waals surface area (Å²) in [7, 11) is 0. The van der Waals surface area contributed by atoms with Crippen molar-refractivity contribution in [3.05, 3.63) is 0 Å². The molecule has 3 nitrogen and oxygen atoms in total. The molecule has 0 aromatic carbocycles. The van der Waals surface area contributed by atoms with Crippen LogP contribution in [0.3, 0.4) is 0 Å². The van der Waals surface area contributed by atoms with E-state index in [2.05, 4.69) is 12.6 Å². The maximum Gasteiger partial charge on any atom is 0.319 e. The van der Waals surface area contributed by atoms with E-state index in [1.165, 1.54) is 13.8 Å². The van der Waals surface area contributed by atoms with E-state index in [-0.39, 0.29) is 0 Å². The van der Waals surface area contributed by atoms with E-state index in [1.54, 1.807) is 0 Å². The van der Waals surface area contributed by atoms with Gasteiger partial charge in [-0.15, -0.1) is 0 Å². The van der Waals surface area contributed by atoms with Crippen LogP contribution in [-0.4, -0.2) is 27.0 Å². The van der Waals surface area contributed by atoms with E-state index in [0.717, 1.165) is 0 Å². The number of rotatable bonds is 2. The largest absolute Gasteiger partial charge is 0.480 e. The Hall–Kier alpha value is -0.220. The minimum absolute atomic E-state index is 1.02. The molecular weight excluding hydrogens is 140 g/mol. The van der Waals surface area contributed by atoms with Gasteiger partial charge in [0.2, 0.25) is 0 Å². The lowest BCUT2D eigenvalue weighted by molar-refractivity contribution is -0.140. The van der Waals surface area contributed by atoms with Crippen molar-refractivity contribution in [3.8, 4) is 0 Å². The molecule has 0 amide bonds. The summed E-state index contributed by atoms with van der Waals surface area (Å²) in [4.78, 5) is 10.1. The van der Waals surface area contributed by atoms with Crippen LogP contribution in [0, 0.1) is 0 Å². The smallest absolute Gasteiger partial charge is 0.319 e. The molecule has 0 aromatic rings. The third-order valence-corrected chi connectivity index (χ3v) is 1.76. The molecule has 0 spiro atoms. The van der Waals surface area contributed by atoms with Gasteiger partial charge < -0.3 is 10.2 Å². The standard InChI is InChI=1S/C5H10O3S/c1-5(2,8)3(9)4(6)7/h3,8-9H,1-2H3,(H,6,7). The van der Waals surface area contributed by atoms with Crippen LogP contribution in [0.5, 0.6) is 0 Å². The van der Waals surface area contributed by atoms with Crippen LogP contribution in [0.2, 0.25) is 0 Å². The predicted molar refractivity (Wildman–Crippen MR) is 36.7 cm³/mol. The van der Waals surface area contributed by atoms with Gasteiger partial charge >= 0.3 is 5.97 Å². The van der Waals surface area contributed by atoms with Gasteiger partial charge in [-0.05, 0) is 13.8 Å². The summed E-state index contributed by atoms with van der Waals surface area (Å²) in [5, 5.41) is 16.3. The van der Waals surface area contributed by atoms with Crippen molar-refractivity contribution < 1.29 is 15.0 Å². The third kappa shape index (κ3) is 2.72. The summed E-state index contributed by atoms with van der Waals surface area (Å²) in [6.45, 7) is 2.80. The second-order valence-electron chi connectivity index (χ2n) is 2.39. The normalized spacial score (nSPS) is 15.1. The summed E-state index contributed by atoms with van der Waals surface area (Å²) in [5.41, 5.74) is -1.26. The molecule has 0 aromatic heterocycles. The third-order valence-electron chi connectivity index (χ3n) is 0.903. The first kappa shape index (κ1) is 8.78. The van der Waals surface area contributed by atoms with Crippen molar-refractivity contribution in [2.24, 2.45) is 0 Å². The van der Waals surface area contributed by atoms with Crippen LogP contribution < -0.4 is 0 Å². The number of hydrogen-bond acceptors (Lipinski definition) is 3. The number of carbonyl (C=O) groups is 1. The maximum atomic E-state index is 10.1. The molecule has 0 aliphatic heterocycles. The molecule has 0 saturated heterocycles. The van der Waals surface area contributed by atoms with Gasteiger partial charge in [0, 0.05) is 0 Å². The maximum absolute atomic E-state index is 10.1. The van der Waals surface area contributed by atoms with E-state index >= 15 is 0 Å². The molecule has 0 aliphatic rings. The molecule has 0 bridgehead atoms. The fraction of sp³-hybridized carbons (Fsp3) is 0.800. The van der Waals surface area contributed by atoms with Gasteiger partial charge in [-0.3, -0.25) is 4.79 Å². The molecule has 9 heavy (non-hydrogen) atoms. The Bertz CT molecular complexity index is 116. The second-order valence-corrected chi connectivity index (χ2v) is 2.91. The summed E-state index contributed by atoms with van der Waals surface area (Å²) < 4.78 is 0. The van der Waals surface area contributed by atoms with Gasteiger partial charge in [-0.25, -0.2) is 0 Å². The lowest BCUT2D eigenvalue weighted by Crippen LogP contribution is -2.37. The Kier molecular flexibility index (Phi) is 2.51. The number of carboxylic acids is 1. The lowest BCUT2D eigenvalue weighted by Gasteiger charge is -2.20. The summed E-state index contributed by atoms with van der Waals surface area (Å²) in [5.74, 6) is -1.11. The Labute approximate surface area is 59.1 Å². The van der Waals surface area contributed by atoms with Crippen molar-refractivity contribution in [2.75, 3.05) is 0 Å². The Morgan fingerprint density at radius 3 is 2.00 bits per heavy atom. The van der Waals surface area contributed by atoms with Gasteiger partial charge in [-0.1, -0.05) is 0 Å². The number of hydrogen-bond donors (Lipinski definition) is 3. The van der Waals surface area contributed by atoms with E-state index in [1.807, 2.05) is 0 Å². The highest BCUT2D eigenvalue weighted by molar-refractivity contribution is 7.81. The Morgan fingerprint density at radius 2 is 2.00 bits per heavy atom. The number of thiol groups is 1. The van der Waals surface area contributed by atoms with Gasteiger partial charge in [0.15, 0.2) is 0 Å². The van der Waals surface area contributed by atoms with Crippen molar-refractivity contribution in [1.82, 2.24) is 0 Å². The Balaban J connectivity index is 4.04. The van der Waals surface area contributed by atoms with Crippen LogP contribution >= 0.6 is 12.6 Å². The van der Waals surface area contributed by atoms with E-state index in [0.29, 0.717) is 0 Å². The molecule has 2 N–H and O–H groups in total. The highest BCUT2D eigenvalue weighted by Crippen LogP contribution is 2.13. The minimum Gasteiger partial charge on any atom is -0.480 e. The average Bonchev–Trinajstić information content (AvgIpc) is 1.62. The number of aliphatic hydroxyl groups is 1. The first-order chi connectivity index (χ1) is 3.85. The molecule has 0 aliphatic carbocycles. The second kappa shape index (κ2) is 2.58. The van der Waals surface area contributed by atoms with Gasteiger partial charge in [0.25, 0.3) is 0 Å². The molecule has 4 heteroatoms. The average molecular weight is 150 g/mol. The predicted octanol–water partition coefficient (Wildman–Crippen LogP) is 0.140. The molecule has 54 valence electrons. The first-order valence-corrected chi connectivity index (χ1v) is 3.00. The highest BCUT2D eigenvalue weighted by atomic mass is 32.1. The van der Waals surface area contributed by atoms with E-state index in [4.69, 9.17) is 10.2 Å². The van der Waals surface area contributed by atoms with Crippen molar-refractivity contribution in [1.29, 1.82) is 0 Å². The molecule has 0 rings (SSSR count). The molecule has 0 fully saturated rings. The lowest BCUT2D eigenvalue weighted by atomic mass is 10.1. The molecular formula is C5H10O3S. The first-order valence-electron chi connectivity index (χ1n) is 2.49. The number of aliphatic carboxylic acids is 1. The highest BCUT2D eigenvalue weighted by Gasteiger charge is 2.29. The summed E-state index contributed by atoms with van der Waals surface area (Å²) in [6.07, 6.45) is 0. The topological polar surface area (TPSA) is 57.5 Å². The minimum atomic E-state index is -1.26. The number of carboxylic acid groups (broad SMARTS) is 1. The van der Waals surface area contributed by atoms with Gasteiger partial charge in [-0.2, -0.15) is 12.6 Å². The van der Waals surface area contributed by atoms with E-state index in [9.17, 15) is 4.79 Å². The fourth-order valence-corrected chi connectivity index (χ4v) is 0.302. The van der Waals surface area contributed by atoms with Crippen LogP contribution in [0.25, 0.3) is 0 Å². The summed E-state index contributed by atoms with van der Waals surface area (Å²) >= 11 is 3.66. The molecule has 1 unspecified atom stereocenters. The van der Waals surface area contributed by atoms with Crippen LogP contribution in [0.15, 0.2) is 0 Å². The van der Waals surface area contributed by atoms with Crippen LogP contribution in [0.4, 0.5) is 0 Å². The zero-order valence-corrected chi connectivity index (χ0v) is 6.22. The molecule has 1 atom stereocenters. The van der Waals surface area contributed by atoms with Crippen molar-refractivity contribution >= 4 is 18.6 Å². The molecule has 0 saturated carbocycles. The SMILES string of the molecule is CC(C)(O)C(S)C(=O)O. The zero-order valence-electron chi connectivity index (χ0n) is 5.33. The quantitative estimate of drug-likeness (QED) is 0.491. The molecule has 0 radical (unpaired) electrons. The van der Waals surface area contributed by atoms with Gasteiger partial charge in [0.1, 0.15) is 5.25 Å². The van der Waals surface area contributed by atoms with Crippen LogP contribution in [0.1, 0.15) is 13.8 Å². The Morgan fingerprint density at radius 1 is 1.67 bits per heavy atom. The van der Waals surface area contributed by atoms with Gasteiger partial charge in [0.05, 0.1) is 5.60 Å². The fourth-order valence-electron chi connectivity index (χ4n) is 0.302. The summed E-state index contributed by atoms with van der Waals surface area (Å²) in [6, 6.07) is 0. The van der Waals surface area contributed by atoms with Crippen molar-refractivity contribution in [3.63, 3.8) is 0 Å². The van der Waals surface area contributed by atoms with E-state index < -0.39 is 16.8 Å². The van der Waals surface area contributed by atoms with Crippen LogP contribution in [-0.2, 0) is 4.79 Å². The molecule has 0 heterocycles.